The highest BCUT2D eigenvalue weighted by Gasteiger charge is 2.46. The summed E-state index contributed by atoms with van der Waals surface area (Å²) in [4.78, 5) is 0. The molecule has 0 spiro atoms. The summed E-state index contributed by atoms with van der Waals surface area (Å²) in [5.41, 5.74) is -0.206. The Kier molecular flexibility index (Phi) is 2.77. The van der Waals surface area contributed by atoms with E-state index in [0.29, 0.717) is 0 Å². The lowest BCUT2D eigenvalue weighted by Crippen LogP contribution is -2.51. The predicted molar refractivity (Wildman–Crippen MR) is 60.1 cm³/mol. The Balaban J connectivity index is 2.81. The maximum absolute atomic E-state index is 10.5. The van der Waals surface area contributed by atoms with Gasteiger partial charge < -0.3 is 5.11 Å². The third-order valence-electron chi connectivity index (χ3n) is 3.00. The molecule has 0 bridgehead atoms. The zero-order valence-corrected chi connectivity index (χ0v) is 10.3. The Hall–Kier alpha value is 0.310. The van der Waals surface area contributed by atoms with E-state index in [1.807, 2.05) is 11.8 Å². The van der Waals surface area contributed by atoms with Gasteiger partial charge in [0.1, 0.15) is 0 Å². The SMILES string of the molecule is CC1(C)CSCC(O)(C(C)(C)C)C1. The van der Waals surface area contributed by atoms with Crippen molar-refractivity contribution in [1.82, 2.24) is 0 Å². The zero-order chi connectivity index (χ0) is 10.3. The highest BCUT2D eigenvalue weighted by molar-refractivity contribution is 7.99. The molecule has 1 fully saturated rings. The molecule has 1 aliphatic rings. The summed E-state index contributed by atoms with van der Waals surface area (Å²) in [6.07, 6.45) is 0.927. The van der Waals surface area contributed by atoms with Crippen molar-refractivity contribution in [3.05, 3.63) is 0 Å². The van der Waals surface area contributed by atoms with Gasteiger partial charge in [-0.05, 0) is 23.0 Å². The third-order valence-corrected chi connectivity index (χ3v) is 4.67. The molecular weight excluding hydrogens is 180 g/mol. The van der Waals surface area contributed by atoms with Crippen molar-refractivity contribution in [2.75, 3.05) is 11.5 Å². The Morgan fingerprint density at radius 2 is 1.69 bits per heavy atom. The lowest BCUT2D eigenvalue weighted by molar-refractivity contribution is -0.0682. The molecule has 1 rings (SSSR count). The van der Waals surface area contributed by atoms with Crippen molar-refractivity contribution in [3.8, 4) is 0 Å². The molecule has 1 N–H and O–H groups in total. The van der Waals surface area contributed by atoms with E-state index in [4.69, 9.17) is 0 Å². The minimum Gasteiger partial charge on any atom is -0.388 e. The summed E-state index contributed by atoms with van der Waals surface area (Å²) >= 11 is 1.89. The molecule has 13 heavy (non-hydrogen) atoms. The molecule has 1 unspecified atom stereocenters. The van der Waals surface area contributed by atoms with Crippen LogP contribution in [0.5, 0.6) is 0 Å². The van der Waals surface area contributed by atoms with Gasteiger partial charge in [-0.25, -0.2) is 0 Å². The average Bonchev–Trinajstić information content (AvgIpc) is 1.80. The molecule has 0 aromatic heterocycles. The molecule has 0 saturated carbocycles. The van der Waals surface area contributed by atoms with Crippen LogP contribution in [0.2, 0.25) is 0 Å². The monoisotopic (exact) mass is 202 g/mol. The standard InChI is InChI=1S/C11H22OS/c1-9(2,3)11(12)6-10(4,5)7-13-8-11/h12H,6-8H2,1-5H3. The van der Waals surface area contributed by atoms with Gasteiger partial charge in [-0.15, -0.1) is 0 Å². The van der Waals surface area contributed by atoms with Crippen molar-refractivity contribution in [1.29, 1.82) is 0 Å². The fourth-order valence-corrected chi connectivity index (χ4v) is 3.50. The summed E-state index contributed by atoms with van der Waals surface area (Å²) in [5.74, 6) is 2.06. The first-order chi connectivity index (χ1) is 5.66. The quantitative estimate of drug-likeness (QED) is 0.652. The first kappa shape index (κ1) is 11.4. The van der Waals surface area contributed by atoms with Crippen LogP contribution < -0.4 is 0 Å². The van der Waals surface area contributed by atoms with E-state index in [0.717, 1.165) is 12.2 Å². The summed E-state index contributed by atoms with van der Waals surface area (Å²) in [6.45, 7) is 10.9. The second-order valence-corrected chi connectivity index (χ2v) is 7.10. The number of aliphatic hydroxyl groups is 1. The summed E-state index contributed by atoms with van der Waals surface area (Å²) in [5, 5.41) is 10.5. The second kappa shape index (κ2) is 3.16. The molecule has 1 heterocycles. The van der Waals surface area contributed by atoms with Crippen LogP contribution in [0.4, 0.5) is 0 Å². The second-order valence-electron chi connectivity index (χ2n) is 6.12. The molecule has 1 nitrogen and oxygen atoms in total. The van der Waals surface area contributed by atoms with Gasteiger partial charge in [-0.2, -0.15) is 11.8 Å². The Morgan fingerprint density at radius 1 is 1.15 bits per heavy atom. The van der Waals surface area contributed by atoms with Gasteiger partial charge in [0.05, 0.1) is 5.60 Å². The smallest absolute Gasteiger partial charge is 0.0791 e. The molecular formula is C11H22OS. The van der Waals surface area contributed by atoms with Gasteiger partial charge in [0, 0.05) is 5.75 Å². The highest BCUT2D eigenvalue weighted by atomic mass is 32.2. The Morgan fingerprint density at radius 3 is 2.00 bits per heavy atom. The van der Waals surface area contributed by atoms with Crippen LogP contribution in [0.1, 0.15) is 41.0 Å². The van der Waals surface area contributed by atoms with Crippen molar-refractivity contribution in [3.63, 3.8) is 0 Å². The van der Waals surface area contributed by atoms with Crippen molar-refractivity contribution < 1.29 is 5.11 Å². The van der Waals surface area contributed by atoms with Gasteiger partial charge in [-0.1, -0.05) is 34.6 Å². The van der Waals surface area contributed by atoms with Crippen LogP contribution in [0, 0.1) is 10.8 Å². The molecule has 0 aliphatic carbocycles. The fourth-order valence-electron chi connectivity index (χ4n) is 1.87. The Bertz CT molecular complexity index is 193. The lowest BCUT2D eigenvalue weighted by Gasteiger charge is -2.48. The van der Waals surface area contributed by atoms with Crippen LogP contribution in [0.25, 0.3) is 0 Å². The molecule has 0 aromatic rings. The zero-order valence-electron chi connectivity index (χ0n) is 9.48. The fraction of sp³-hybridized carbons (Fsp3) is 1.00. The topological polar surface area (TPSA) is 20.2 Å². The highest BCUT2D eigenvalue weighted by Crippen LogP contribution is 2.46. The normalized spacial score (nSPS) is 34.6. The molecule has 0 amide bonds. The Labute approximate surface area is 86.3 Å². The van der Waals surface area contributed by atoms with Gasteiger partial charge in [0.2, 0.25) is 0 Å². The van der Waals surface area contributed by atoms with Crippen molar-refractivity contribution in [2.45, 2.75) is 46.6 Å². The molecule has 2 heteroatoms. The molecule has 1 aliphatic heterocycles. The van der Waals surface area contributed by atoms with Crippen molar-refractivity contribution in [2.24, 2.45) is 10.8 Å². The van der Waals surface area contributed by atoms with Gasteiger partial charge in [0.25, 0.3) is 0 Å². The molecule has 0 radical (unpaired) electrons. The first-order valence-corrected chi connectivity index (χ1v) is 6.12. The summed E-state index contributed by atoms with van der Waals surface area (Å²) < 4.78 is 0. The number of thioether (sulfide) groups is 1. The van der Waals surface area contributed by atoms with E-state index in [9.17, 15) is 5.11 Å². The number of hydrogen-bond acceptors (Lipinski definition) is 2. The average molecular weight is 202 g/mol. The van der Waals surface area contributed by atoms with Crippen LogP contribution in [0.3, 0.4) is 0 Å². The van der Waals surface area contributed by atoms with Gasteiger partial charge >= 0.3 is 0 Å². The van der Waals surface area contributed by atoms with Crippen LogP contribution >= 0.6 is 11.8 Å². The van der Waals surface area contributed by atoms with E-state index in [1.54, 1.807) is 0 Å². The predicted octanol–water partition coefficient (Wildman–Crippen LogP) is 2.93. The minimum atomic E-state index is -0.487. The van der Waals surface area contributed by atoms with Crippen molar-refractivity contribution >= 4 is 11.8 Å². The van der Waals surface area contributed by atoms with E-state index in [1.165, 1.54) is 5.75 Å². The van der Waals surface area contributed by atoms with E-state index < -0.39 is 5.60 Å². The van der Waals surface area contributed by atoms with Crippen LogP contribution in [-0.2, 0) is 0 Å². The van der Waals surface area contributed by atoms with Gasteiger partial charge in [0.15, 0.2) is 0 Å². The third kappa shape index (κ3) is 2.41. The number of rotatable bonds is 0. The summed E-state index contributed by atoms with van der Waals surface area (Å²) in [6, 6.07) is 0. The molecule has 78 valence electrons. The van der Waals surface area contributed by atoms with Gasteiger partial charge in [-0.3, -0.25) is 0 Å². The lowest BCUT2D eigenvalue weighted by atomic mass is 9.69. The van der Waals surface area contributed by atoms with E-state index >= 15 is 0 Å². The van der Waals surface area contributed by atoms with E-state index in [-0.39, 0.29) is 10.8 Å². The molecule has 1 saturated heterocycles. The maximum Gasteiger partial charge on any atom is 0.0791 e. The number of hydrogen-bond donors (Lipinski definition) is 1. The minimum absolute atomic E-state index is 0.00229. The maximum atomic E-state index is 10.5. The molecule has 1 atom stereocenters. The molecule has 0 aromatic carbocycles. The largest absolute Gasteiger partial charge is 0.388 e. The summed E-state index contributed by atoms with van der Waals surface area (Å²) in [7, 11) is 0. The van der Waals surface area contributed by atoms with E-state index in [2.05, 4.69) is 34.6 Å². The van der Waals surface area contributed by atoms with Crippen LogP contribution in [0.15, 0.2) is 0 Å². The first-order valence-electron chi connectivity index (χ1n) is 4.97. The van der Waals surface area contributed by atoms with Crippen LogP contribution in [-0.4, -0.2) is 22.2 Å².